The normalized spacial score (nSPS) is 18.4. The third-order valence-corrected chi connectivity index (χ3v) is 6.82. The summed E-state index contributed by atoms with van der Waals surface area (Å²) < 4.78 is 45.6. The minimum absolute atomic E-state index is 0.0153. The lowest BCUT2D eigenvalue weighted by atomic mass is 9.89. The van der Waals surface area contributed by atoms with Crippen LogP contribution in [0.1, 0.15) is 41.7 Å². The minimum Gasteiger partial charge on any atom is -0.481 e. The highest BCUT2D eigenvalue weighted by Crippen LogP contribution is 2.37. The molecule has 6 nitrogen and oxygen atoms in total. The first-order chi connectivity index (χ1) is 16.6. The van der Waals surface area contributed by atoms with Crippen molar-refractivity contribution in [2.45, 2.75) is 43.9 Å². The Morgan fingerprint density at radius 1 is 1.14 bits per heavy atom. The number of hydrogen-bond donors (Lipinski definition) is 1. The van der Waals surface area contributed by atoms with Gasteiger partial charge < -0.3 is 15.0 Å². The Hall–Kier alpha value is -2.78. The fourth-order valence-electron chi connectivity index (χ4n) is 4.39. The quantitative estimate of drug-likeness (QED) is 0.432. The number of ether oxygens (including phenoxy) is 1. The molecule has 1 aliphatic rings. The number of carbonyl (C=O) groups excluding carboxylic acids is 1. The highest BCUT2D eigenvalue weighted by Gasteiger charge is 2.35. The third kappa shape index (κ3) is 5.56. The molecule has 186 valence electrons. The van der Waals surface area contributed by atoms with Crippen molar-refractivity contribution >= 4 is 45.7 Å². The largest absolute Gasteiger partial charge is 0.481 e. The number of rotatable bonds is 5. The topological polar surface area (TPSA) is 67.3 Å². The van der Waals surface area contributed by atoms with Crippen LogP contribution in [-0.2, 0) is 6.18 Å². The molecule has 0 atom stereocenters. The Morgan fingerprint density at radius 2 is 1.86 bits per heavy atom. The van der Waals surface area contributed by atoms with E-state index in [1.165, 1.54) is 31.5 Å². The summed E-state index contributed by atoms with van der Waals surface area (Å²) in [6.45, 7) is 0. The van der Waals surface area contributed by atoms with Gasteiger partial charge in [0.25, 0.3) is 5.91 Å². The van der Waals surface area contributed by atoms with Gasteiger partial charge in [-0.1, -0.05) is 23.2 Å². The highest BCUT2D eigenvalue weighted by atomic mass is 35.5. The van der Waals surface area contributed by atoms with E-state index in [1.54, 1.807) is 13.1 Å². The standard InChI is InChI=1S/C24H23Cl2F3N4O2/c1-33(20-11-21(24(27,28)29)32-19-8-3-13(25)9-17(19)20)15-6-4-14(5-7-15)31-23(34)16-10-22(35-2)30-12-18(16)26/h3,8-12,14-15H,4-7H2,1-2H3,(H,31,34)/t14-,15+. The molecular formula is C24H23Cl2F3N4O2. The number of fused-ring (bicyclic) bond motifs is 1. The number of benzene rings is 1. The van der Waals surface area contributed by atoms with E-state index in [0.29, 0.717) is 41.8 Å². The monoisotopic (exact) mass is 526 g/mol. The second-order valence-corrected chi connectivity index (χ2v) is 9.33. The van der Waals surface area contributed by atoms with Gasteiger partial charge in [0.05, 0.1) is 29.4 Å². The van der Waals surface area contributed by atoms with Crippen LogP contribution in [0.2, 0.25) is 10.0 Å². The molecular weight excluding hydrogens is 504 g/mol. The van der Waals surface area contributed by atoms with Crippen molar-refractivity contribution < 1.29 is 22.7 Å². The van der Waals surface area contributed by atoms with Crippen LogP contribution in [-0.4, -0.2) is 42.1 Å². The van der Waals surface area contributed by atoms with Gasteiger partial charge in [-0.15, -0.1) is 0 Å². The molecule has 0 bridgehead atoms. The second kappa shape index (κ2) is 10.1. The Kier molecular flexibility index (Phi) is 7.28. The van der Waals surface area contributed by atoms with Crippen LogP contribution >= 0.6 is 23.2 Å². The fourth-order valence-corrected chi connectivity index (χ4v) is 4.75. The summed E-state index contributed by atoms with van der Waals surface area (Å²) in [5, 5.41) is 4.20. The molecule has 0 spiro atoms. The van der Waals surface area contributed by atoms with Crippen molar-refractivity contribution in [2.75, 3.05) is 19.1 Å². The maximum Gasteiger partial charge on any atom is 0.433 e. The van der Waals surface area contributed by atoms with Crippen LogP contribution in [0.15, 0.2) is 36.5 Å². The van der Waals surface area contributed by atoms with E-state index in [0.717, 1.165) is 6.07 Å². The van der Waals surface area contributed by atoms with Gasteiger partial charge in [-0.05, 0) is 49.9 Å². The molecule has 1 amide bonds. The second-order valence-electron chi connectivity index (χ2n) is 8.48. The van der Waals surface area contributed by atoms with Crippen molar-refractivity contribution in [3.05, 3.63) is 57.8 Å². The fraction of sp³-hybridized carbons (Fsp3) is 0.375. The SMILES string of the molecule is COc1cc(C(=O)N[C@H]2CC[C@@H](N(C)c3cc(C(F)(F)F)nc4ccc(Cl)cc34)CC2)c(Cl)cn1. The van der Waals surface area contributed by atoms with Gasteiger partial charge in [0.15, 0.2) is 0 Å². The average molecular weight is 527 g/mol. The molecule has 2 heterocycles. The van der Waals surface area contributed by atoms with E-state index in [2.05, 4.69) is 15.3 Å². The molecule has 1 fully saturated rings. The number of pyridine rings is 2. The number of carbonyl (C=O) groups is 1. The van der Waals surface area contributed by atoms with Crippen LogP contribution in [0.4, 0.5) is 18.9 Å². The molecule has 11 heteroatoms. The number of methoxy groups -OCH3 is 1. The minimum atomic E-state index is -4.57. The number of halogens is 5. The van der Waals surface area contributed by atoms with Crippen molar-refractivity contribution in [2.24, 2.45) is 0 Å². The molecule has 4 rings (SSSR count). The van der Waals surface area contributed by atoms with Crippen LogP contribution in [0, 0.1) is 0 Å². The number of aromatic nitrogens is 2. The Bertz CT molecular complexity index is 1250. The number of alkyl halides is 3. The van der Waals surface area contributed by atoms with E-state index < -0.39 is 11.9 Å². The van der Waals surface area contributed by atoms with Crippen LogP contribution in [0.3, 0.4) is 0 Å². The van der Waals surface area contributed by atoms with Gasteiger partial charge in [-0.3, -0.25) is 4.79 Å². The van der Waals surface area contributed by atoms with Crippen molar-refractivity contribution in [3.63, 3.8) is 0 Å². The van der Waals surface area contributed by atoms with Crippen molar-refractivity contribution in [1.29, 1.82) is 0 Å². The molecule has 1 aromatic carbocycles. The van der Waals surface area contributed by atoms with Crippen molar-refractivity contribution in [1.82, 2.24) is 15.3 Å². The zero-order valence-electron chi connectivity index (χ0n) is 19.0. The number of nitrogens with zero attached hydrogens (tertiary/aromatic N) is 3. The average Bonchev–Trinajstić information content (AvgIpc) is 2.83. The molecule has 1 saturated carbocycles. The first kappa shape index (κ1) is 25.3. The smallest absolute Gasteiger partial charge is 0.433 e. The van der Waals surface area contributed by atoms with E-state index in [4.69, 9.17) is 27.9 Å². The zero-order valence-corrected chi connectivity index (χ0v) is 20.5. The number of hydrogen-bond acceptors (Lipinski definition) is 5. The molecule has 1 N–H and O–H groups in total. The van der Waals surface area contributed by atoms with E-state index >= 15 is 0 Å². The molecule has 1 aliphatic carbocycles. The third-order valence-electron chi connectivity index (χ3n) is 6.28. The molecule has 35 heavy (non-hydrogen) atoms. The summed E-state index contributed by atoms with van der Waals surface area (Å²) in [4.78, 5) is 22.3. The Labute approximate surface area is 210 Å². The lowest BCUT2D eigenvalue weighted by Gasteiger charge is -2.37. The molecule has 3 aromatic rings. The summed E-state index contributed by atoms with van der Waals surface area (Å²) in [7, 11) is 3.23. The maximum atomic E-state index is 13.5. The zero-order chi connectivity index (χ0) is 25.3. The van der Waals surface area contributed by atoms with Gasteiger partial charge >= 0.3 is 6.18 Å². The van der Waals surface area contributed by atoms with Gasteiger partial charge in [-0.25, -0.2) is 9.97 Å². The lowest BCUT2D eigenvalue weighted by Crippen LogP contribution is -2.43. The maximum absolute atomic E-state index is 13.5. The summed E-state index contributed by atoms with van der Waals surface area (Å²) >= 11 is 12.3. The van der Waals surface area contributed by atoms with E-state index in [-0.39, 0.29) is 40.0 Å². The van der Waals surface area contributed by atoms with Crippen LogP contribution in [0.25, 0.3) is 10.9 Å². The summed E-state index contributed by atoms with van der Waals surface area (Å²) in [5.74, 6) is -0.0371. The number of amides is 1. The Balaban J connectivity index is 1.49. The molecule has 0 radical (unpaired) electrons. The summed E-state index contributed by atoms with van der Waals surface area (Å²) in [6, 6.07) is 7.11. The van der Waals surface area contributed by atoms with Crippen molar-refractivity contribution in [3.8, 4) is 5.88 Å². The van der Waals surface area contributed by atoms with Gasteiger partial charge in [0.1, 0.15) is 5.69 Å². The molecule has 2 aromatic heterocycles. The number of nitrogens with one attached hydrogen (secondary N) is 1. The van der Waals surface area contributed by atoms with E-state index in [1.807, 2.05) is 4.90 Å². The van der Waals surface area contributed by atoms with Gasteiger partial charge in [-0.2, -0.15) is 13.2 Å². The summed E-state index contributed by atoms with van der Waals surface area (Å²) in [6.07, 6.45) is -0.516. The Morgan fingerprint density at radius 3 is 2.51 bits per heavy atom. The predicted octanol–water partition coefficient (Wildman–Crippen LogP) is 6.14. The predicted molar refractivity (Wildman–Crippen MR) is 129 cm³/mol. The molecule has 0 unspecified atom stereocenters. The van der Waals surface area contributed by atoms with Crippen LogP contribution in [0.5, 0.6) is 5.88 Å². The first-order valence-corrected chi connectivity index (χ1v) is 11.7. The summed E-state index contributed by atoms with van der Waals surface area (Å²) in [5.41, 5.74) is -0.0120. The van der Waals surface area contributed by atoms with Gasteiger partial charge in [0, 0.05) is 41.3 Å². The molecule has 0 saturated heterocycles. The molecule has 0 aliphatic heterocycles. The van der Waals surface area contributed by atoms with Gasteiger partial charge in [0.2, 0.25) is 5.88 Å². The van der Waals surface area contributed by atoms with Crippen LogP contribution < -0.4 is 15.0 Å². The van der Waals surface area contributed by atoms with E-state index in [9.17, 15) is 18.0 Å². The number of anilines is 1. The first-order valence-electron chi connectivity index (χ1n) is 11.0. The highest BCUT2D eigenvalue weighted by molar-refractivity contribution is 6.33. The lowest BCUT2D eigenvalue weighted by molar-refractivity contribution is -0.140.